The minimum absolute atomic E-state index is 0.174. The third-order valence-corrected chi connectivity index (χ3v) is 2.70. The molecule has 0 fully saturated rings. The smallest absolute Gasteiger partial charge is 0.133 e. The fraction of sp³-hybridized carbons (Fsp3) is 0.154. The molecule has 0 saturated carbocycles. The van der Waals surface area contributed by atoms with Gasteiger partial charge in [-0.25, -0.2) is 0 Å². The first kappa shape index (κ1) is 11.7. The minimum Gasteiger partial charge on any atom is -0.506 e. The first-order valence-corrected chi connectivity index (χ1v) is 5.67. The molecule has 1 aromatic heterocycles. The largest absolute Gasteiger partial charge is 0.506 e. The quantitative estimate of drug-likeness (QED) is 0.876. The number of hydrogen-bond donors (Lipinski definition) is 2. The van der Waals surface area contributed by atoms with Crippen molar-refractivity contribution in [3.05, 3.63) is 52.8 Å². The maximum absolute atomic E-state index is 9.12. The zero-order chi connectivity index (χ0) is 12.3. The Morgan fingerprint density at radius 3 is 2.82 bits per heavy atom. The average molecular weight is 249 g/mol. The van der Waals surface area contributed by atoms with E-state index in [4.69, 9.17) is 16.7 Å². The molecule has 0 aliphatic carbocycles. The zero-order valence-corrected chi connectivity index (χ0v) is 10.2. The molecule has 88 valence electrons. The van der Waals surface area contributed by atoms with E-state index in [1.807, 2.05) is 25.1 Å². The Morgan fingerprint density at radius 1 is 1.29 bits per heavy atom. The van der Waals surface area contributed by atoms with Gasteiger partial charge in [-0.2, -0.15) is 0 Å². The molecule has 0 spiro atoms. The van der Waals surface area contributed by atoms with E-state index in [0.29, 0.717) is 11.6 Å². The van der Waals surface area contributed by atoms with Gasteiger partial charge in [0.2, 0.25) is 0 Å². The van der Waals surface area contributed by atoms with Gasteiger partial charge < -0.3 is 10.4 Å². The number of halogens is 1. The van der Waals surface area contributed by atoms with Crippen LogP contribution in [0.25, 0.3) is 0 Å². The van der Waals surface area contributed by atoms with Crippen LogP contribution in [-0.4, -0.2) is 10.1 Å². The highest BCUT2D eigenvalue weighted by molar-refractivity contribution is 6.30. The molecule has 0 saturated heterocycles. The first-order chi connectivity index (χ1) is 8.15. The molecule has 0 amide bonds. The molecule has 0 aliphatic rings. The first-order valence-electron chi connectivity index (χ1n) is 5.29. The zero-order valence-electron chi connectivity index (χ0n) is 9.44. The van der Waals surface area contributed by atoms with Crippen LogP contribution >= 0.6 is 11.6 Å². The van der Waals surface area contributed by atoms with Crippen molar-refractivity contribution in [3.8, 4) is 5.75 Å². The van der Waals surface area contributed by atoms with Crippen molar-refractivity contribution < 1.29 is 5.11 Å². The van der Waals surface area contributed by atoms with Crippen LogP contribution in [0, 0.1) is 6.92 Å². The van der Waals surface area contributed by atoms with E-state index in [-0.39, 0.29) is 5.75 Å². The lowest BCUT2D eigenvalue weighted by molar-refractivity contribution is 0.472. The number of benzene rings is 1. The molecule has 0 aliphatic heterocycles. The van der Waals surface area contributed by atoms with Gasteiger partial charge in [-0.3, -0.25) is 4.98 Å². The summed E-state index contributed by atoms with van der Waals surface area (Å²) in [5, 5.41) is 13.1. The van der Waals surface area contributed by atoms with Crippen LogP contribution in [0.2, 0.25) is 5.02 Å². The second kappa shape index (κ2) is 5.06. The van der Waals surface area contributed by atoms with Gasteiger partial charge in [-0.15, -0.1) is 0 Å². The lowest BCUT2D eigenvalue weighted by atomic mass is 10.2. The predicted octanol–water partition coefficient (Wildman–Crippen LogP) is 3.36. The van der Waals surface area contributed by atoms with Gasteiger partial charge in [0.1, 0.15) is 5.75 Å². The maximum atomic E-state index is 9.12. The minimum atomic E-state index is 0.174. The standard InChI is InChI=1S/C13H13ClN2O/c1-9-2-3-10(14)6-13(9)16-7-11-4-5-12(17)8-15-11/h2-6,8,16-17H,7H2,1H3. The molecule has 4 heteroatoms. The lowest BCUT2D eigenvalue weighted by Crippen LogP contribution is -2.02. The van der Waals surface area contributed by atoms with Crippen LogP contribution in [0.3, 0.4) is 0 Å². The van der Waals surface area contributed by atoms with Gasteiger partial charge in [0, 0.05) is 10.7 Å². The van der Waals surface area contributed by atoms with Crippen LogP contribution in [-0.2, 0) is 6.54 Å². The second-order valence-electron chi connectivity index (χ2n) is 3.82. The lowest BCUT2D eigenvalue weighted by Gasteiger charge is -2.09. The molecular weight excluding hydrogens is 236 g/mol. The molecule has 0 bridgehead atoms. The van der Waals surface area contributed by atoms with Crippen LogP contribution in [0.5, 0.6) is 5.75 Å². The monoisotopic (exact) mass is 248 g/mol. The number of hydrogen-bond acceptors (Lipinski definition) is 3. The van der Waals surface area contributed by atoms with Gasteiger partial charge in [0.25, 0.3) is 0 Å². The SMILES string of the molecule is Cc1ccc(Cl)cc1NCc1ccc(O)cn1. The summed E-state index contributed by atoms with van der Waals surface area (Å²) in [5.41, 5.74) is 2.99. The molecule has 0 atom stereocenters. The van der Waals surface area contributed by atoms with E-state index in [1.165, 1.54) is 6.20 Å². The van der Waals surface area contributed by atoms with Crippen LogP contribution in [0.1, 0.15) is 11.3 Å². The Kier molecular flexibility index (Phi) is 3.49. The van der Waals surface area contributed by atoms with Crippen molar-refractivity contribution in [1.82, 2.24) is 4.98 Å². The number of anilines is 1. The van der Waals surface area contributed by atoms with E-state index < -0.39 is 0 Å². The summed E-state index contributed by atoms with van der Waals surface area (Å²) >= 11 is 5.93. The molecule has 0 unspecified atom stereocenters. The van der Waals surface area contributed by atoms with Crippen LogP contribution in [0.15, 0.2) is 36.5 Å². The van der Waals surface area contributed by atoms with E-state index in [9.17, 15) is 0 Å². The summed E-state index contributed by atoms with van der Waals surface area (Å²) in [7, 11) is 0. The third kappa shape index (κ3) is 3.11. The van der Waals surface area contributed by atoms with Gasteiger partial charge >= 0.3 is 0 Å². The summed E-state index contributed by atoms with van der Waals surface area (Å²) in [6.45, 7) is 2.62. The predicted molar refractivity (Wildman–Crippen MR) is 69.4 cm³/mol. The topological polar surface area (TPSA) is 45.1 Å². The Bertz CT molecular complexity index is 511. The van der Waals surface area contributed by atoms with E-state index >= 15 is 0 Å². The fourth-order valence-electron chi connectivity index (χ4n) is 1.49. The van der Waals surface area contributed by atoms with E-state index in [0.717, 1.165) is 16.9 Å². The highest BCUT2D eigenvalue weighted by Crippen LogP contribution is 2.20. The highest BCUT2D eigenvalue weighted by Gasteiger charge is 2.00. The number of aromatic hydroxyl groups is 1. The highest BCUT2D eigenvalue weighted by atomic mass is 35.5. The number of pyridine rings is 1. The molecule has 2 rings (SSSR count). The Morgan fingerprint density at radius 2 is 2.12 bits per heavy atom. The van der Waals surface area contributed by atoms with Gasteiger partial charge in [0.15, 0.2) is 0 Å². The van der Waals surface area contributed by atoms with E-state index in [2.05, 4.69) is 10.3 Å². The molecule has 2 N–H and O–H groups in total. The van der Waals surface area contributed by atoms with Crippen molar-refractivity contribution >= 4 is 17.3 Å². The van der Waals surface area contributed by atoms with Crippen molar-refractivity contribution in [2.75, 3.05) is 5.32 Å². The van der Waals surface area contributed by atoms with Crippen LogP contribution < -0.4 is 5.32 Å². The van der Waals surface area contributed by atoms with E-state index in [1.54, 1.807) is 12.1 Å². The number of nitrogens with zero attached hydrogens (tertiary/aromatic N) is 1. The molecule has 1 aromatic carbocycles. The Balaban J connectivity index is 2.07. The summed E-state index contributed by atoms with van der Waals surface area (Å²) in [4.78, 5) is 4.10. The molecule has 0 radical (unpaired) electrons. The fourth-order valence-corrected chi connectivity index (χ4v) is 1.66. The summed E-state index contributed by atoms with van der Waals surface area (Å²) in [5.74, 6) is 0.174. The number of aryl methyl sites for hydroxylation is 1. The van der Waals surface area contributed by atoms with Gasteiger partial charge in [-0.1, -0.05) is 17.7 Å². The normalized spacial score (nSPS) is 10.2. The van der Waals surface area contributed by atoms with Gasteiger partial charge in [0.05, 0.1) is 18.4 Å². The maximum Gasteiger partial charge on any atom is 0.133 e. The van der Waals surface area contributed by atoms with Crippen molar-refractivity contribution in [1.29, 1.82) is 0 Å². The van der Waals surface area contributed by atoms with Crippen LogP contribution in [0.4, 0.5) is 5.69 Å². The van der Waals surface area contributed by atoms with Gasteiger partial charge in [-0.05, 0) is 36.8 Å². The molecule has 2 aromatic rings. The Labute approximate surface area is 105 Å². The average Bonchev–Trinajstić information content (AvgIpc) is 2.32. The summed E-state index contributed by atoms with van der Waals surface area (Å²) in [6, 6.07) is 9.12. The number of rotatable bonds is 3. The number of aromatic nitrogens is 1. The molecule has 1 heterocycles. The third-order valence-electron chi connectivity index (χ3n) is 2.47. The Hall–Kier alpha value is -1.74. The molecule has 3 nitrogen and oxygen atoms in total. The second-order valence-corrected chi connectivity index (χ2v) is 4.26. The van der Waals surface area contributed by atoms with Crippen molar-refractivity contribution in [2.24, 2.45) is 0 Å². The number of nitrogens with one attached hydrogen (secondary N) is 1. The van der Waals surface area contributed by atoms with Crippen molar-refractivity contribution in [3.63, 3.8) is 0 Å². The van der Waals surface area contributed by atoms with Crippen molar-refractivity contribution in [2.45, 2.75) is 13.5 Å². The molecule has 17 heavy (non-hydrogen) atoms. The summed E-state index contributed by atoms with van der Waals surface area (Å²) in [6.07, 6.45) is 1.43. The summed E-state index contributed by atoms with van der Waals surface area (Å²) < 4.78 is 0. The molecular formula is C13H13ClN2O.